The highest BCUT2D eigenvalue weighted by atomic mass is 32.1. The predicted molar refractivity (Wildman–Crippen MR) is 66.0 cm³/mol. The molecule has 16 heavy (non-hydrogen) atoms. The van der Waals surface area contributed by atoms with Gasteiger partial charge in [-0.1, -0.05) is 42.5 Å². The minimum atomic E-state index is -0.434. The van der Waals surface area contributed by atoms with Crippen molar-refractivity contribution in [1.29, 1.82) is 0 Å². The van der Waals surface area contributed by atoms with Crippen LogP contribution in [0.2, 0.25) is 0 Å². The average molecular weight is 238 g/mol. The number of likely N-dealkylation sites (N-methyl/N-ethyl adjacent to an activating group) is 1. The van der Waals surface area contributed by atoms with Gasteiger partial charge in [0.25, 0.3) is 0 Å². The molecule has 4 nitrogen and oxygen atoms in total. The van der Waals surface area contributed by atoms with E-state index in [1.54, 1.807) is 7.05 Å². The van der Waals surface area contributed by atoms with E-state index < -0.39 is 6.09 Å². The fourth-order valence-electron chi connectivity index (χ4n) is 1.13. The summed E-state index contributed by atoms with van der Waals surface area (Å²) in [6.07, 6.45) is -0.434. The maximum atomic E-state index is 11.4. The van der Waals surface area contributed by atoms with E-state index in [0.29, 0.717) is 0 Å². The lowest BCUT2D eigenvalue weighted by atomic mass is 10.2. The van der Waals surface area contributed by atoms with Crippen LogP contribution in [0.1, 0.15) is 5.56 Å². The number of hydrogen-bond donors (Lipinski definition) is 1. The number of ether oxygens (including phenoxy) is 1. The van der Waals surface area contributed by atoms with Crippen LogP contribution in [0.4, 0.5) is 4.79 Å². The standard InChI is InChI=1S/C11H14N2O2S/c1-13(7-10(12)16)11(14)15-8-9-5-3-2-4-6-9/h2-6H,7-8H2,1H3,(H2,12,16). The zero-order valence-corrected chi connectivity index (χ0v) is 9.87. The van der Waals surface area contributed by atoms with Gasteiger partial charge in [-0.2, -0.15) is 0 Å². The molecule has 0 aliphatic rings. The van der Waals surface area contributed by atoms with E-state index in [1.165, 1.54) is 4.90 Å². The summed E-state index contributed by atoms with van der Waals surface area (Å²) in [6, 6.07) is 9.47. The van der Waals surface area contributed by atoms with Crippen LogP contribution in [-0.4, -0.2) is 29.6 Å². The topological polar surface area (TPSA) is 55.6 Å². The second-order valence-electron chi connectivity index (χ2n) is 3.36. The highest BCUT2D eigenvalue weighted by Gasteiger charge is 2.10. The van der Waals surface area contributed by atoms with Gasteiger partial charge >= 0.3 is 6.09 Å². The summed E-state index contributed by atoms with van der Waals surface area (Å²) in [7, 11) is 1.59. The van der Waals surface area contributed by atoms with Crippen molar-refractivity contribution in [2.24, 2.45) is 5.73 Å². The molecule has 0 aliphatic carbocycles. The third-order valence-electron chi connectivity index (χ3n) is 1.91. The van der Waals surface area contributed by atoms with E-state index in [2.05, 4.69) is 0 Å². The van der Waals surface area contributed by atoms with Gasteiger partial charge in [0.15, 0.2) is 0 Å². The van der Waals surface area contributed by atoms with Crippen molar-refractivity contribution in [3.63, 3.8) is 0 Å². The Balaban J connectivity index is 2.38. The zero-order valence-electron chi connectivity index (χ0n) is 9.05. The van der Waals surface area contributed by atoms with Crippen molar-refractivity contribution in [1.82, 2.24) is 4.90 Å². The molecule has 1 aromatic carbocycles. The van der Waals surface area contributed by atoms with Crippen LogP contribution >= 0.6 is 12.2 Å². The van der Waals surface area contributed by atoms with Gasteiger partial charge in [-0.25, -0.2) is 4.79 Å². The molecule has 1 amide bonds. The Hall–Kier alpha value is -1.62. The van der Waals surface area contributed by atoms with E-state index in [9.17, 15) is 4.79 Å². The molecule has 0 radical (unpaired) electrons. The summed E-state index contributed by atoms with van der Waals surface area (Å²) in [4.78, 5) is 13.0. The van der Waals surface area contributed by atoms with Crippen LogP contribution in [0, 0.1) is 0 Å². The van der Waals surface area contributed by atoms with Crippen LogP contribution in [0.5, 0.6) is 0 Å². The number of thiocarbonyl (C=S) groups is 1. The largest absolute Gasteiger partial charge is 0.445 e. The second kappa shape index (κ2) is 6.07. The lowest BCUT2D eigenvalue weighted by Gasteiger charge is -2.15. The van der Waals surface area contributed by atoms with Gasteiger partial charge in [-0.15, -0.1) is 0 Å². The molecule has 0 fully saturated rings. The molecule has 0 aliphatic heterocycles. The molecule has 0 heterocycles. The number of carbonyl (C=O) groups excluding carboxylic acids is 1. The molecule has 0 aromatic heterocycles. The molecule has 0 spiro atoms. The summed E-state index contributed by atoms with van der Waals surface area (Å²) < 4.78 is 5.06. The van der Waals surface area contributed by atoms with Crippen LogP contribution in [0.3, 0.4) is 0 Å². The smallest absolute Gasteiger partial charge is 0.410 e. The number of amides is 1. The summed E-state index contributed by atoms with van der Waals surface area (Å²) in [6.45, 7) is 0.476. The maximum absolute atomic E-state index is 11.4. The van der Waals surface area contributed by atoms with Crippen molar-refractivity contribution >= 4 is 23.3 Å². The monoisotopic (exact) mass is 238 g/mol. The second-order valence-corrected chi connectivity index (χ2v) is 3.89. The number of benzene rings is 1. The summed E-state index contributed by atoms with van der Waals surface area (Å²) >= 11 is 4.70. The molecule has 0 saturated heterocycles. The van der Waals surface area contributed by atoms with Crippen molar-refractivity contribution < 1.29 is 9.53 Å². The van der Waals surface area contributed by atoms with E-state index in [-0.39, 0.29) is 18.1 Å². The third kappa shape index (κ3) is 4.27. The molecule has 0 unspecified atom stereocenters. The minimum Gasteiger partial charge on any atom is -0.445 e. The first kappa shape index (κ1) is 12.4. The van der Waals surface area contributed by atoms with Crippen molar-refractivity contribution in [3.8, 4) is 0 Å². The molecule has 1 aromatic rings. The first-order valence-electron chi connectivity index (χ1n) is 4.79. The molecule has 0 saturated carbocycles. The first-order chi connectivity index (χ1) is 7.59. The quantitative estimate of drug-likeness (QED) is 0.808. The van der Waals surface area contributed by atoms with Crippen LogP contribution < -0.4 is 5.73 Å². The Morgan fingerprint density at radius 2 is 2.06 bits per heavy atom. The number of carbonyl (C=O) groups is 1. The number of hydrogen-bond acceptors (Lipinski definition) is 3. The van der Waals surface area contributed by atoms with Gasteiger partial charge in [0.1, 0.15) is 6.61 Å². The fraction of sp³-hybridized carbons (Fsp3) is 0.273. The Morgan fingerprint density at radius 3 is 2.62 bits per heavy atom. The van der Waals surface area contributed by atoms with Crippen LogP contribution in [-0.2, 0) is 11.3 Å². The van der Waals surface area contributed by atoms with Gasteiger partial charge in [-0.05, 0) is 5.56 Å². The summed E-state index contributed by atoms with van der Waals surface area (Å²) in [5.74, 6) is 0. The van der Waals surface area contributed by atoms with Gasteiger partial charge in [0.05, 0.1) is 11.5 Å². The normalized spacial score (nSPS) is 9.56. The number of nitrogens with zero attached hydrogens (tertiary/aromatic N) is 1. The first-order valence-corrected chi connectivity index (χ1v) is 5.20. The molecule has 1 rings (SSSR count). The van der Waals surface area contributed by atoms with Gasteiger partial charge in [-0.3, -0.25) is 0 Å². The Bertz CT molecular complexity index is 368. The molecule has 2 N–H and O–H groups in total. The predicted octanol–water partition coefficient (Wildman–Crippen LogP) is 1.54. The van der Waals surface area contributed by atoms with E-state index in [1.807, 2.05) is 30.3 Å². The Kier molecular flexibility index (Phi) is 4.72. The Morgan fingerprint density at radius 1 is 1.44 bits per heavy atom. The van der Waals surface area contributed by atoms with Crippen molar-refractivity contribution in [2.45, 2.75) is 6.61 Å². The van der Waals surface area contributed by atoms with E-state index in [4.69, 9.17) is 22.7 Å². The highest BCUT2D eigenvalue weighted by Crippen LogP contribution is 2.02. The van der Waals surface area contributed by atoms with Crippen LogP contribution in [0.15, 0.2) is 30.3 Å². The molecular formula is C11H14N2O2S. The molecule has 0 atom stereocenters. The van der Waals surface area contributed by atoms with Crippen molar-refractivity contribution in [3.05, 3.63) is 35.9 Å². The van der Waals surface area contributed by atoms with Gasteiger partial charge in [0, 0.05) is 7.05 Å². The van der Waals surface area contributed by atoms with Gasteiger partial charge < -0.3 is 15.4 Å². The number of rotatable bonds is 4. The molecule has 5 heteroatoms. The SMILES string of the molecule is CN(CC(N)=S)C(=O)OCc1ccccc1. The zero-order chi connectivity index (χ0) is 12.0. The maximum Gasteiger partial charge on any atom is 0.410 e. The molecule has 86 valence electrons. The third-order valence-corrected chi connectivity index (χ3v) is 2.04. The minimum absolute atomic E-state index is 0.225. The lowest BCUT2D eigenvalue weighted by molar-refractivity contribution is 0.109. The molecule has 0 bridgehead atoms. The summed E-state index contributed by atoms with van der Waals surface area (Å²) in [5, 5.41) is 0. The van der Waals surface area contributed by atoms with E-state index in [0.717, 1.165) is 5.56 Å². The molecular weight excluding hydrogens is 224 g/mol. The van der Waals surface area contributed by atoms with E-state index >= 15 is 0 Å². The van der Waals surface area contributed by atoms with Gasteiger partial charge in [0.2, 0.25) is 0 Å². The Labute approximate surface area is 100.0 Å². The van der Waals surface area contributed by atoms with Crippen LogP contribution in [0.25, 0.3) is 0 Å². The average Bonchev–Trinajstić information content (AvgIpc) is 2.26. The van der Waals surface area contributed by atoms with Crippen molar-refractivity contribution in [2.75, 3.05) is 13.6 Å². The number of nitrogens with two attached hydrogens (primary N) is 1. The highest BCUT2D eigenvalue weighted by molar-refractivity contribution is 7.80. The lowest BCUT2D eigenvalue weighted by Crippen LogP contribution is -2.34. The fourth-order valence-corrected chi connectivity index (χ4v) is 1.32. The summed E-state index contributed by atoms with van der Waals surface area (Å²) in [5.41, 5.74) is 6.26.